The molecule has 1 aromatic rings. The zero-order chi connectivity index (χ0) is 13.7. The highest BCUT2D eigenvalue weighted by atomic mass is 79.9. The number of halogens is 2. The molecule has 1 aliphatic rings. The molecule has 2 rings (SSSR count). The monoisotopic (exact) mass is 365 g/mol. The largest absolute Gasteiger partial charge is 0.378 e. The van der Waals surface area contributed by atoms with Crippen molar-refractivity contribution in [2.24, 2.45) is 0 Å². The smallest absolute Gasteiger partial charge is 0.107 e. The average molecular weight is 367 g/mol. The highest BCUT2D eigenvalue weighted by Crippen LogP contribution is 2.37. The van der Waals surface area contributed by atoms with Crippen LogP contribution < -0.4 is 5.32 Å². The number of hydrogen-bond donors (Lipinski definition) is 1. The van der Waals surface area contributed by atoms with E-state index in [1.165, 1.54) is 24.1 Å². The SMILES string of the molecule is CCNC(CCC1CCCCO1)c1cc(Br)c(Cl)s1. The lowest BCUT2D eigenvalue weighted by Gasteiger charge is -2.25. The molecular weight excluding hydrogens is 346 g/mol. The highest BCUT2D eigenvalue weighted by molar-refractivity contribution is 9.10. The number of ether oxygens (including phenoxy) is 1. The second-order valence-electron chi connectivity index (χ2n) is 4.95. The van der Waals surface area contributed by atoms with Crippen LogP contribution in [0.1, 0.15) is 49.9 Å². The molecule has 1 N–H and O–H groups in total. The normalized spacial score (nSPS) is 21.5. The zero-order valence-corrected chi connectivity index (χ0v) is 14.4. The van der Waals surface area contributed by atoms with Crippen LogP contribution in [0.25, 0.3) is 0 Å². The van der Waals surface area contributed by atoms with Gasteiger partial charge in [0.25, 0.3) is 0 Å². The fourth-order valence-electron chi connectivity index (χ4n) is 2.51. The maximum Gasteiger partial charge on any atom is 0.107 e. The predicted molar refractivity (Wildman–Crippen MR) is 86.3 cm³/mol. The molecular formula is C14H21BrClNOS. The molecule has 2 atom stereocenters. The quantitative estimate of drug-likeness (QED) is 0.750. The lowest BCUT2D eigenvalue weighted by molar-refractivity contribution is 0.00862. The van der Waals surface area contributed by atoms with Crippen LogP contribution in [-0.2, 0) is 4.74 Å². The van der Waals surface area contributed by atoms with Gasteiger partial charge in [-0.1, -0.05) is 18.5 Å². The topological polar surface area (TPSA) is 21.3 Å². The molecule has 0 saturated carbocycles. The number of nitrogens with one attached hydrogen (secondary N) is 1. The first kappa shape index (κ1) is 15.8. The van der Waals surface area contributed by atoms with E-state index in [1.54, 1.807) is 11.3 Å². The molecule has 2 unspecified atom stereocenters. The summed E-state index contributed by atoms with van der Waals surface area (Å²) in [6.07, 6.45) is 6.45. The van der Waals surface area contributed by atoms with Gasteiger partial charge in [0.1, 0.15) is 4.34 Å². The van der Waals surface area contributed by atoms with Crippen molar-refractivity contribution in [1.82, 2.24) is 5.32 Å². The lowest BCUT2D eigenvalue weighted by Crippen LogP contribution is -2.24. The Labute approximate surface area is 133 Å². The molecule has 2 nitrogen and oxygen atoms in total. The van der Waals surface area contributed by atoms with Gasteiger partial charge >= 0.3 is 0 Å². The average Bonchev–Trinajstić information content (AvgIpc) is 2.76. The fourth-order valence-corrected chi connectivity index (χ4v) is 4.36. The minimum atomic E-state index is 0.393. The van der Waals surface area contributed by atoms with Gasteiger partial charge in [0.2, 0.25) is 0 Å². The van der Waals surface area contributed by atoms with Gasteiger partial charge in [-0.3, -0.25) is 0 Å². The molecule has 0 amide bonds. The molecule has 0 aliphatic carbocycles. The van der Waals surface area contributed by atoms with Gasteiger partial charge in [-0.2, -0.15) is 0 Å². The van der Waals surface area contributed by atoms with Crippen LogP contribution in [0.5, 0.6) is 0 Å². The van der Waals surface area contributed by atoms with E-state index in [0.29, 0.717) is 12.1 Å². The van der Waals surface area contributed by atoms with Crippen molar-refractivity contribution in [2.45, 2.75) is 51.2 Å². The molecule has 1 aliphatic heterocycles. The van der Waals surface area contributed by atoms with E-state index in [4.69, 9.17) is 16.3 Å². The van der Waals surface area contributed by atoms with Crippen molar-refractivity contribution in [2.75, 3.05) is 13.2 Å². The molecule has 2 heterocycles. The molecule has 0 radical (unpaired) electrons. The summed E-state index contributed by atoms with van der Waals surface area (Å²) in [5.74, 6) is 0. The van der Waals surface area contributed by atoms with Gasteiger partial charge in [-0.05, 0) is 60.6 Å². The first-order valence-corrected chi connectivity index (χ1v) is 8.99. The maximum atomic E-state index is 6.14. The molecule has 1 aromatic heterocycles. The van der Waals surface area contributed by atoms with Crippen molar-refractivity contribution in [1.29, 1.82) is 0 Å². The first-order chi connectivity index (χ1) is 9.20. The minimum absolute atomic E-state index is 0.393. The van der Waals surface area contributed by atoms with E-state index in [1.807, 2.05) is 0 Å². The molecule has 1 saturated heterocycles. The molecule has 0 bridgehead atoms. The van der Waals surface area contributed by atoms with E-state index >= 15 is 0 Å². The van der Waals surface area contributed by atoms with Crippen LogP contribution in [0, 0.1) is 0 Å². The zero-order valence-electron chi connectivity index (χ0n) is 11.3. The molecule has 0 aromatic carbocycles. The third-order valence-electron chi connectivity index (χ3n) is 3.51. The van der Waals surface area contributed by atoms with Crippen LogP contribution in [0.2, 0.25) is 4.34 Å². The van der Waals surface area contributed by atoms with E-state index in [0.717, 1.165) is 34.8 Å². The van der Waals surface area contributed by atoms with Crippen LogP contribution in [-0.4, -0.2) is 19.3 Å². The second kappa shape index (κ2) is 7.99. The Morgan fingerprint density at radius 1 is 1.58 bits per heavy atom. The van der Waals surface area contributed by atoms with Gasteiger partial charge in [0, 0.05) is 22.0 Å². The summed E-state index contributed by atoms with van der Waals surface area (Å²) >= 11 is 11.3. The standard InChI is InChI=1S/C14H21BrClNOS/c1-2-17-12(13-9-11(15)14(16)19-13)7-6-10-5-3-4-8-18-10/h9-10,12,17H,2-8H2,1H3. The first-order valence-electron chi connectivity index (χ1n) is 7.00. The molecule has 1 fully saturated rings. The summed E-state index contributed by atoms with van der Waals surface area (Å²) in [7, 11) is 0. The van der Waals surface area contributed by atoms with Crippen LogP contribution in [0.15, 0.2) is 10.5 Å². The Balaban J connectivity index is 1.91. The van der Waals surface area contributed by atoms with Crippen molar-refractivity contribution < 1.29 is 4.74 Å². The highest BCUT2D eigenvalue weighted by Gasteiger charge is 2.19. The van der Waals surface area contributed by atoms with Gasteiger partial charge in [-0.15, -0.1) is 11.3 Å². The summed E-state index contributed by atoms with van der Waals surface area (Å²) in [5, 5.41) is 3.55. The third kappa shape index (κ3) is 4.71. The Hall–Kier alpha value is 0.390. The number of thiophene rings is 1. The van der Waals surface area contributed by atoms with Crippen molar-refractivity contribution in [3.8, 4) is 0 Å². The van der Waals surface area contributed by atoms with Crippen molar-refractivity contribution in [3.05, 3.63) is 19.8 Å². The van der Waals surface area contributed by atoms with E-state index in [2.05, 4.69) is 34.2 Å². The minimum Gasteiger partial charge on any atom is -0.378 e. The van der Waals surface area contributed by atoms with Gasteiger partial charge < -0.3 is 10.1 Å². The fraction of sp³-hybridized carbons (Fsp3) is 0.714. The Bertz CT molecular complexity index is 373. The van der Waals surface area contributed by atoms with E-state index in [-0.39, 0.29) is 0 Å². The predicted octanol–water partition coefficient (Wildman–Crippen LogP) is 5.16. The second-order valence-corrected chi connectivity index (χ2v) is 7.49. The summed E-state index contributed by atoms with van der Waals surface area (Å²) < 4.78 is 7.66. The Morgan fingerprint density at radius 2 is 2.42 bits per heavy atom. The van der Waals surface area contributed by atoms with Gasteiger partial charge in [-0.25, -0.2) is 0 Å². The van der Waals surface area contributed by atoms with Crippen molar-refractivity contribution in [3.63, 3.8) is 0 Å². The number of hydrogen-bond acceptors (Lipinski definition) is 3. The maximum absolute atomic E-state index is 6.14. The Kier molecular flexibility index (Phi) is 6.63. The summed E-state index contributed by atoms with van der Waals surface area (Å²) in [6, 6.07) is 2.53. The van der Waals surface area contributed by atoms with Crippen LogP contribution in [0.3, 0.4) is 0 Å². The number of rotatable bonds is 6. The van der Waals surface area contributed by atoms with Gasteiger partial charge in [0.15, 0.2) is 0 Å². The van der Waals surface area contributed by atoms with E-state index < -0.39 is 0 Å². The van der Waals surface area contributed by atoms with Crippen LogP contribution in [0.4, 0.5) is 0 Å². The van der Waals surface area contributed by atoms with Crippen LogP contribution >= 0.6 is 38.9 Å². The lowest BCUT2D eigenvalue weighted by atomic mass is 10.0. The molecule has 108 valence electrons. The molecule has 19 heavy (non-hydrogen) atoms. The van der Waals surface area contributed by atoms with Gasteiger partial charge in [0.05, 0.1) is 6.10 Å². The third-order valence-corrected chi connectivity index (χ3v) is 6.10. The Morgan fingerprint density at radius 3 is 3.00 bits per heavy atom. The van der Waals surface area contributed by atoms with Crippen molar-refractivity contribution >= 4 is 38.9 Å². The summed E-state index contributed by atoms with van der Waals surface area (Å²) in [5.41, 5.74) is 0. The van der Waals surface area contributed by atoms with E-state index in [9.17, 15) is 0 Å². The molecule has 5 heteroatoms. The summed E-state index contributed by atoms with van der Waals surface area (Å²) in [6.45, 7) is 4.06. The summed E-state index contributed by atoms with van der Waals surface area (Å²) in [4.78, 5) is 1.31. The molecule has 0 spiro atoms.